The van der Waals surface area contributed by atoms with Gasteiger partial charge < -0.3 is 9.47 Å². The van der Waals surface area contributed by atoms with Crippen LogP contribution in [-0.2, 0) is 20.1 Å². The molecule has 3 heterocycles. The van der Waals surface area contributed by atoms with Gasteiger partial charge in [-0.15, -0.1) is 0 Å². The zero-order chi connectivity index (χ0) is 15.5. The van der Waals surface area contributed by atoms with E-state index < -0.39 is 0 Å². The van der Waals surface area contributed by atoms with Crippen LogP contribution in [0.15, 0.2) is 24.9 Å². The van der Waals surface area contributed by atoms with E-state index in [2.05, 4.69) is 40.1 Å². The highest BCUT2D eigenvalue weighted by Crippen LogP contribution is 2.31. The lowest BCUT2D eigenvalue weighted by atomic mass is 10.1. The zero-order valence-electron chi connectivity index (χ0n) is 13.6. The topological polar surface area (TPSA) is 50.1 Å². The van der Waals surface area contributed by atoms with Gasteiger partial charge in [0.15, 0.2) is 0 Å². The first-order chi connectivity index (χ1) is 10.6. The molecule has 0 amide bonds. The van der Waals surface area contributed by atoms with Crippen molar-refractivity contribution in [2.24, 2.45) is 7.05 Å². The second-order valence-electron chi connectivity index (χ2n) is 6.33. The van der Waals surface area contributed by atoms with E-state index in [4.69, 9.17) is 4.98 Å². The van der Waals surface area contributed by atoms with E-state index in [1.807, 2.05) is 30.3 Å². The Kier molecular flexibility index (Phi) is 4.49. The Morgan fingerprint density at radius 1 is 1.27 bits per heavy atom. The molecule has 0 radical (unpaired) electrons. The summed E-state index contributed by atoms with van der Waals surface area (Å²) in [6.45, 7) is 2.81. The van der Waals surface area contributed by atoms with Gasteiger partial charge in [0.25, 0.3) is 0 Å². The van der Waals surface area contributed by atoms with Crippen molar-refractivity contribution in [3.05, 3.63) is 42.0 Å². The minimum atomic E-state index is 0.358. The lowest BCUT2D eigenvalue weighted by molar-refractivity contribution is 0.240. The van der Waals surface area contributed by atoms with Gasteiger partial charge in [-0.05, 0) is 33.5 Å². The number of nitrogens with zero attached hydrogens (tertiary/aromatic N) is 6. The Morgan fingerprint density at radius 3 is 2.86 bits per heavy atom. The molecule has 0 N–H and O–H groups in total. The molecule has 0 aromatic carbocycles. The first kappa shape index (κ1) is 15.1. The molecule has 6 nitrogen and oxygen atoms in total. The fraction of sp³-hybridized carbons (Fsp3) is 0.562. The van der Waals surface area contributed by atoms with Crippen molar-refractivity contribution in [3.63, 3.8) is 0 Å². The van der Waals surface area contributed by atoms with Gasteiger partial charge in [-0.3, -0.25) is 14.9 Å². The summed E-state index contributed by atoms with van der Waals surface area (Å²) in [5.41, 5.74) is 3.24. The van der Waals surface area contributed by atoms with Crippen LogP contribution in [0.1, 0.15) is 36.0 Å². The SMILES string of the molecule is CN(C)Cc1cncc([C@@H]2CCCN2Cc2cn(C)cn2)n1. The van der Waals surface area contributed by atoms with Crippen LogP contribution in [-0.4, -0.2) is 50.0 Å². The Labute approximate surface area is 131 Å². The second kappa shape index (κ2) is 6.54. The predicted octanol–water partition coefficient (Wildman–Crippen LogP) is 1.61. The third-order valence-corrected chi connectivity index (χ3v) is 4.01. The molecule has 1 atom stereocenters. The van der Waals surface area contributed by atoms with Gasteiger partial charge in [-0.25, -0.2) is 4.98 Å². The number of hydrogen-bond donors (Lipinski definition) is 0. The molecule has 0 aliphatic carbocycles. The van der Waals surface area contributed by atoms with Crippen molar-refractivity contribution in [2.45, 2.75) is 32.0 Å². The van der Waals surface area contributed by atoms with Crippen LogP contribution < -0.4 is 0 Å². The van der Waals surface area contributed by atoms with Gasteiger partial charge in [0.1, 0.15) is 0 Å². The largest absolute Gasteiger partial charge is 0.340 e. The molecule has 118 valence electrons. The molecule has 1 aliphatic rings. The number of aryl methyl sites for hydroxylation is 1. The first-order valence-corrected chi connectivity index (χ1v) is 7.78. The summed E-state index contributed by atoms with van der Waals surface area (Å²) in [5.74, 6) is 0. The molecule has 22 heavy (non-hydrogen) atoms. The highest BCUT2D eigenvalue weighted by molar-refractivity contribution is 5.10. The number of imidazole rings is 1. The Morgan fingerprint density at radius 2 is 2.14 bits per heavy atom. The maximum Gasteiger partial charge on any atom is 0.0947 e. The first-order valence-electron chi connectivity index (χ1n) is 7.78. The highest BCUT2D eigenvalue weighted by atomic mass is 15.2. The summed E-state index contributed by atoms with van der Waals surface area (Å²) < 4.78 is 2.00. The van der Waals surface area contributed by atoms with Crippen LogP contribution in [0.5, 0.6) is 0 Å². The Bertz CT molecular complexity index is 621. The van der Waals surface area contributed by atoms with Gasteiger partial charge in [-0.1, -0.05) is 0 Å². The summed E-state index contributed by atoms with van der Waals surface area (Å²) in [5, 5.41) is 0. The predicted molar refractivity (Wildman–Crippen MR) is 85.0 cm³/mol. The summed E-state index contributed by atoms with van der Waals surface area (Å²) in [6, 6.07) is 0.358. The quantitative estimate of drug-likeness (QED) is 0.839. The molecule has 1 fully saturated rings. The van der Waals surface area contributed by atoms with E-state index in [1.165, 1.54) is 6.42 Å². The average Bonchev–Trinajstić information content (AvgIpc) is 3.08. The summed E-state index contributed by atoms with van der Waals surface area (Å²) in [4.78, 5) is 18.2. The average molecular weight is 300 g/mol. The molecule has 3 rings (SSSR count). The van der Waals surface area contributed by atoms with Crippen LogP contribution in [0.4, 0.5) is 0 Å². The van der Waals surface area contributed by atoms with Crippen LogP contribution >= 0.6 is 0 Å². The molecule has 0 bridgehead atoms. The maximum absolute atomic E-state index is 4.82. The smallest absolute Gasteiger partial charge is 0.0947 e. The monoisotopic (exact) mass is 300 g/mol. The van der Waals surface area contributed by atoms with E-state index in [-0.39, 0.29) is 0 Å². The Balaban J connectivity index is 1.75. The summed E-state index contributed by atoms with van der Waals surface area (Å²) >= 11 is 0. The lowest BCUT2D eigenvalue weighted by Gasteiger charge is -2.23. The zero-order valence-corrected chi connectivity index (χ0v) is 13.6. The number of aromatic nitrogens is 4. The lowest BCUT2D eigenvalue weighted by Crippen LogP contribution is -2.24. The molecule has 0 spiro atoms. The van der Waals surface area contributed by atoms with E-state index >= 15 is 0 Å². The fourth-order valence-corrected chi connectivity index (χ4v) is 3.09. The minimum absolute atomic E-state index is 0.358. The molecule has 0 unspecified atom stereocenters. The van der Waals surface area contributed by atoms with Crippen LogP contribution in [0, 0.1) is 0 Å². The van der Waals surface area contributed by atoms with E-state index in [1.54, 1.807) is 0 Å². The highest BCUT2D eigenvalue weighted by Gasteiger charge is 2.28. The van der Waals surface area contributed by atoms with Gasteiger partial charge >= 0.3 is 0 Å². The molecule has 1 aliphatic heterocycles. The van der Waals surface area contributed by atoms with Crippen molar-refractivity contribution in [2.75, 3.05) is 20.6 Å². The van der Waals surface area contributed by atoms with Crippen LogP contribution in [0.2, 0.25) is 0 Å². The third kappa shape index (κ3) is 3.51. The number of hydrogen-bond acceptors (Lipinski definition) is 5. The normalized spacial score (nSPS) is 19.2. The van der Waals surface area contributed by atoms with Crippen molar-refractivity contribution >= 4 is 0 Å². The molecule has 2 aromatic heterocycles. The Hall–Kier alpha value is -1.79. The minimum Gasteiger partial charge on any atom is -0.340 e. The van der Waals surface area contributed by atoms with Crippen molar-refractivity contribution in [3.8, 4) is 0 Å². The van der Waals surface area contributed by atoms with Gasteiger partial charge in [-0.2, -0.15) is 0 Å². The molecular formula is C16H24N6. The van der Waals surface area contributed by atoms with Crippen molar-refractivity contribution in [1.82, 2.24) is 29.3 Å². The van der Waals surface area contributed by atoms with E-state index in [0.717, 1.165) is 43.1 Å². The van der Waals surface area contributed by atoms with Gasteiger partial charge in [0.05, 0.1) is 29.5 Å². The van der Waals surface area contributed by atoms with Crippen LogP contribution in [0.3, 0.4) is 0 Å². The van der Waals surface area contributed by atoms with E-state index in [0.29, 0.717) is 6.04 Å². The maximum atomic E-state index is 4.82. The fourth-order valence-electron chi connectivity index (χ4n) is 3.09. The number of likely N-dealkylation sites (tertiary alicyclic amines) is 1. The molecule has 2 aromatic rings. The molecular weight excluding hydrogens is 276 g/mol. The molecule has 1 saturated heterocycles. The van der Waals surface area contributed by atoms with Gasteiger partial charge in [0, 0.05) is 38.7 Å². The van der Waals surface area contributed by atoms with Crippen LogP contribution in [0.25, 0.3) is 0 Å². The second-order valence-corrected chi connectivity index (χ2v) is 6.33. The molecule has 6 heteroatoms. The standard InChI is InChI=1S/C16H24N6/c1-20(2)9-13-7-17-8-15(19-13)16-5-4-6-22(16)11-14-10-21(3)12-18-14/h7-8,10,12,16H,4-6,9,11H2,1-3H3/t16-/m0/s1. The summed E-state index contributed by atoms with van der Waals surface area (Å²) in [7, 11) is 6.11. The van der Waals surface area contributed by atoms with Gasteiger partial charge in [0.2, 0.25) is 0 Å². The summed E-state index contributed by atoms with van der Waals surface area (Å²) in [6.07, 6.45) is 10.1. The molecule has 0 saturated carbocycles. The van der Waals surface area contributed by atoms with Crippen molar-refractivity contribution < 1.29 is 0 Å². The number of rotatable bonds is 5. The third-order valence-electron chi connectivity index (χ3n) is 4.01. The van der Waals surface area contributed by atoms with Crippen molar-refractivity contribution in [1.29, 1.82) is 0 Å². The van der Waals surface area contributed by atoms with E-state index in [9.17, 15) is 0 Å².